The number of ether oxygens (including phenoxy) is 6. The van der Waals surface area contributed by atoms with Crippen LogP contribution in [0.5, 0.6) is 28.9 Å². The summed E-state index contributed by atoms with van der Waals surface area (Å²) >= 11 is 1.14. The molecule has 0 spiro atoms. The van der Waals surface area contributed by atoms with Gasteiger partial charge in [0.1, 0.15) is 22.5 Å². The average Bonchev–Trinajstić information content (AvgIpc) is 3.54. The highest BCUT2D eigenvalue weighted by atomic mass is 32.1. The molecule has 0 N–H and O–H groups in total. The molecule has 5 aromatic rings. The molecule has 10 nitrogen and oxygen atoms in total. The summed E-state index contributed by atoms with van der Waals surface area (Å²) in [5.74, 6) is 2.70. The van der Waals surface area contributed by atoms with Crippen molar-refractivity contribution in [3.8, 4) is 40.0 Å². The van der Waals surface area contributed by atoms with Crippen LogP contribution in [0.3, 0.4) is 0 Å². The second-order valence-electron chi connectivity index (χ2n) is 9.38. The summed E-state index contributed by atoms with van der Waals surface area (Å²) in [6, 6.07) is 15.1. The van der Waals surface area contributed by atoms with Gasteiger partial charge in [0.05, 0.1) is 63.4 Å². The van der Waals surface area contributed by atoms with Crippen LogP contribution in [0.4, 0.5) is 4.79 Å². The Morgan fingerprint density at radius 2 is 1.68 bits per heavy atom. The van der Waals surface area contributed by atoms with Gasteiger partial charge in [0.15, 0.2) is 11.5 Å². The molecular formula is C30H31N3O7S. The Morgan fingerprint density at radius 1 is 0.902 bits per heavy atom. The molecule has 3 aromatic carbocycles. The SMILES string of the molecule is CCOC(=O)Oc1c(-c2ccc3nsnc3c2)c2cc(OC)c(OC(C)C)cc2n1Cc1cc(OC)ccc1OC. The third-order valence-corrected chi connectivity index (χ3v) is 7.02. The van der Waals surface area contributed by atoms with Gasteiger partial charge in [0, 0.05) is 17.0 Å². The van der Waals surface area contributed by atoms with E-state index in [0.29, 0.717) is 28.6 Å². The van der Waals surface area contributed by atoms with Gasteiger partial charge in [0.2, 0.25) is 5.88 Å². The third-order valence-electron chi connectivity index (χ3n) is 6.46. The minimum Gasteiger partial charge on any atom is -0.497 e. The topological polar surface area (TPSA) is 103 Å². The lowest BCUT2D eigenvalue weighted by molar-refractivity contribution is 0.101. The molecule has 0 radical (unpaired) electrons. The van der Waals surface area contributed by atoms with Gasteiger partial charge in [-0.1, -0.05) is 6.07 Å². The molecule has 0 saturated heterocycles. The second kappa shape index (κ2) is 11.9. The Balaban J connectivity index is 1.84. The molecule has 0 unspecified atom stereocenters. The fourth-order valence-corrected chi connectivity index (χ4v) is 5.24. The van der Waals surface area contributed by atoms with Crippen LogP contribution < -0.4 is 23.7 Å². The zero-order valence-corrected chi connectivity index (χ0v) is 24.5. The molecule has 0 amide bonds. The largest absolute Gasteiger partial charge is 0.515 e. The molecule has 0 saturated carbocycles. The summed E-state index contributed by atoms with van der Waals surface area (Å²) in [5.41, 5.74) is 4.52. The Kier molecular flexibility index (Phi) is 8.16. The van der Waals surface area contributed by atoms with E-state index in [1.165, 1.54) is 0 Å². The number of nitrogens with zero attached hydrogens (tertiary/aromatic N) is 3. The first-order valence-electron chi connectivity index (χ1n) is 13.1. The number of carbonyl (C=O) groups is 1. The van der Waals surface area contributed by atoms with Gasteiger partial charge >= 0.3 is 6.16 Å². The van der Waals surface area contributed by atoms with Crippen LogP contribution in [0.15, 0.2) is 48.5 Å². The van der Waals surface area contributed by atoms with E-state index in [4.69, 9.17) is 28.4 Å². The smallest absolute Gasteiger partial charge is 0.497 e. The van der Waals surface area contributed by atoms with Gasteiger partial charge in [0.25, 0.3) is 0 Å². The van der Waals surface area contributed by atoms with Crippen LogP contribution >= 0.6 is 11.7 Å². The maximum Gasteiger partial charge on any atom is 0.515 e. The van der Waals surface area contributed by atoms with Crippen molar-refractivity contribution in [1.82, 2.24) is 13.3 Å². The molecule has 5 rings (SSSR count). The van der Waals surface area contributed by atoms with E-state index >= 15 is 0 Å². The van der Waals surface area contributed by atoms with Crippen molar-refractivity contribution in [2.24, 2.45) is 0 Å². The molecule has 2 aromatic heterocycles. The minimum absolute atomic E-state index is 0.0995. The number of carbonyl (C=O) groups excluding carboxylic acids is 1. The number of methoxy groups -OCH3 is 3. The molecule has 0 aliphatic rings. The van der Waals surface area contributed by atoms with E-state index in [1.807, 2.05) is 66.9 Å². The van der Waals surface area contributed by atoms with Crippen molar-refractivity contribution < 1.29 is 33.2 Å². The first-order valence-corrected chi connectivity index (χ1v) is 13.8. The molecule has 11 heteroatoms. The number of rotatable bonds is 10. The van der Waals surface area contributed by atoms with Gasteiger partial charge in [-0.05, 0) is 62.7 Å². The minimum atomic E-state index is -0.822. The van der Waals surface area contributed by atoms with Gasteiger partial charge in [-0.3, -0.25) is 0 Å². The second-order valence-corrected chi connectivity index (χ2v) is 9.91. The fourth-order valence-electron chi connectivity index (χ4n) is 4.72. The fraction of sp³-hybridized carbons (Fsp3) is 0.300. The molecule has 214 valence electrons. The molecule has 0 aliphatic heterocycles. The van der Waals surface area contributed by atoms with E-state index in [9.17, 15) is 4.79 Å². The standard InChI is InChI=1S/C30H31N3O7S/c1-7-38-30(34)40-29-28(18-8-10-22-23(13-18)32-41-31-22)21-14-26(37-6)27(39-17(2)3)15-24(21)33(29)16-19-12-20(35-4)9-11-25(19)36-5/h8-15,17H,7,16H2,1-6H3. The number of aromatic nitrogens is 3. The lowest BCUT2D eigenvalue weighted by Crippen LogP contribution is -2.14. The van der Waals surface area contributed by atoms with Gasteiger partial charge in [-0.25, -0.2) is 4.79 Å². The van der Waals surface area contributed by atoms with Gasteiger partial charge in [-0.15, -0.1) is 0 Å². The predicted molar refractivity (Wildman–Crippen MR) is 157 cm³/mol. The molecule has 0 fully saturated rings. The summed E-state index contributed by atoms with van der Waals surface area (Å²) in [6.07, 6.45) is -0.921. The van der Waals surface area contributed by atoms with Crippen molar-refractivity contribution in [2.45, 2.75) is 33.4 Å². The lowest BCUT2D eigenvalue weighted by atomic mass is 10.0. The molecule has 0 bridgehead atoms. The van der Waals surface area contributed by atoms with E-state index in [-0.39, 0.29) is 25.1 Å². The van der Waals surface area contributed by atoms with Crippen LogP contribution in [-0.2, 0) is 11.3 Å². The van der Waals surface area contributed by atoms with Crippen molar-refractivity contribution in [3.63, 3.8) is 0 Å². The van der Waals surface area contributed by atoms with Gasteiger partial charge < -0.3 is 33.0 Å². The Hall–Kier alpha value is -4.51. The van der Waals surface area contributed by atoms with Crippen LogP contribution in [0, 0.1) is 0 Å². The zero-order valence-electron chi connectivity index (χ0n) is 23.7. The normalized spacial score (nSPS) is 11.2. The summed E-state index contributed by atoms with van der Waals surface area (Å²) in [4.78, 5) is 12.8. The number of fused-ring (bicyclic) bond motifs is 2. The van der Waals surface area contributed by atoms with Crippen LogP contribution in [-0.4, -0.2) is 53.5 Å². The van der Waals surface area contributed by atoms with E-state index in [1.54, 1.807) is 28.3 Å². The molecule has 0 aliphatic carbocycles. The summed E-state index contributed by atoms with van der Waals surface area (Å²) < 4.78 is 44.8. The number of hydrogen-bond donors (Lipinski definition) is 0. The zero-order chi connectivity index (χ0) is 29.1. The van der Waals surface area contributed by atoms with Gasteiger partial charge in [-0.2, -0.15) is 8.75 Å². The van der Waals surface area contributed by atoms with E-state index < -0.39 is 6.16 Å². The number of benzene rings is 3. The maximum atomic E-state index is 12.8. The molecule has 0 atom stereocenters. The van der Waals surface area contributed by atoms with Crippen molar-refractivity contribution in [3.05, 3.63) is 54.1 Å². The van der Waals surface area contributed by atoms with E-state index in [2.05, 4.69) is 8.75 Å². The highest BCUT2D eigenvalue weighted by Crippen LogP contribution is 2.46. The highest BCUT2D eigenvalue weighted by Gasteiger charge is 2.27. The monoisotopic (exact) mass is 577 g/mol. The Labute approximate surface area is 241 Å². The highest BCUT2D eigenvalue weighted by molar-refractivity contribution is 7.00. The number of hydrogen-bond acceptors (Lipinski definition) is 10. The summed E-state index contributed by atoms with van der Waals surface area (Å²) in [5, 5.41) is 0.779. The molecule has 2 heterocycles. The van der Waals surface area contributed by atoms with Crippen LogP contribution in [0.25, 0.3) is 33.1 Å². The summed E-state index contributed by atoms with van der Waals surface area (Å²) in [7, 11) is 4.81. The van der Waals surface area contributed by atoms with Crippen LogP contribution in [0.1, 0.15) is 26.3 Å². The maximum absolute atomic E-state index is 12.8. The van der Waals surface area contributed by atoms with E-state index in [0.717, 1.165) is 44.8 Å². The van der Waals surface area contributed by atoms with Crippen molar-refractivity contribution >= 4 is 39.8 Å². The van der Waals surface area contributed by atoms with Crippen molar-refractivity contribution in [1.29, 1.82) is 0 Å². The Morgan fingerprint density at radius 3 is 2.39 bits per heavy atom. The third kappa shape index (κ3) is 5.58. The first-order chi connectivity index (χ1) is 19.9. The molecular weight excluding hydrogens is 546 g/mol. The Bertz CT molecular complexity index is 1710. The molecule has 41 heavy (non-hydrogen) atoms. The quantitative estimate of drug-likeness (QED) is 0.168. The predicted octanol–water partition coefficient (Wildman–Crippen LogP) is 6.71. The van der Waals surface area contributed by atoms with Crippen molar-refractivity contribution in [2.75, 3.05) is 27.9 Å². The average molecular weight is 578 g/mol. The first kappa shape index (κ1) is 28.0. The lowest BCUT2D eigenvalue weighted by Gasteiger charge is -2.16. The van der Waals surface area contributed by atoms with Crippen LogP contribution in [0.2, 0.25) is 0 Å². The summed E-state index contributed by atoms with van der Waals surface area (Å²) in [6.45, 7) is 6.06.